The van der Waals surface area contributed by atoms with Crippen molar-refractivity contribution in [1.29, 1.82) is 0 Å². The molecular formula is C24H35N. The molecule has 0 bridgehead atoms. The van der Waals surface area contributed by atoms with Crippen molar-refractivity contribution in [1.82, 2.24) is 0 Å². The Morgan fingerprint density at radius 2 is 1.12 bits per heavy atom. The van der Waals surface area contributed by atoms with Gasteiger partial charge in [-0.25, -0.2) is 0 Å². The van der Waals surface area contributed by atoms with Crippen molar-refractivity contribution >= 4 is 5.69 Å². The first-order chi connectivity index (χ1) is 11.9. The lowest BCUT2D eigenvalue weighted by atomic mass is 9.55. The SMILES string of the molecule is CCC[C@@](C)(c1ccc(N(C)C)cc1)[C@](C)(CCC)c1ccccc1. The highest BCUT2D eigenvalue weighted by Crippen LogP contribution is 2.50. The quantitative estimate of drug-likeness (QED) is 0.526. The van der Waals surface area contributed by atoms with E-state index in [-0.39, 0.29) is 10.8 Å². The van der Waals surface area contributed by atoms with E-state index in [1.54, 1.807) is 0 Å². The van der Waals surface area contributed by atoms with E-state index in [2.05, 4.69) is 101 Å². The number of nitrogens with zero attached hydrogens (tertiary/aromatic N) is 1. The van der Waals surface area contributed by atoms with Gasteiger partial charge in [0.05, 0.1) is 0 Å². The van der Waals surface area contributed by atoms with Crippen LogP contribution < -0.4 is 4.90 Å². The van der Waals surface area contributed by atoms with Crippen LogP contribution >= 0.6 is 0 Å². The summed E-state index contributed by atoms with van der Waals surface area (Å²) in [4.78, 5) is 2.17. The molecule has 0 fully saturated rings. The summed E-state index contributed by atoms with van der Waals surface area (Å²) in [7, 11) is 4.21. The van der Waals surface area contributed by atoms with E-state index in [9.17, 15) is 0 Å². The molecule has 0 radical (unpaired) electrons. The van der Waals surface area contributed by atoms with Gasteiger partial charge in [0.15, 0.2) is 0 Å². The van der Waals surface area contributed by atoms with Gasteiger partial charge in [0.1, 0.15) is 0 Å². The molecule has 2 aromatic rings. The fourth-order valence-corrected chi connectivity index (χ4v) is 4.41. The Kier molecular flexibility index (Phi) is 6.32. The number of benzene rings is 2. The molecule has 0 aliphatic carbocycles. The third-order valence-corrected chi connectivity index (χ3v) is 6.15. The predicted octanol–water partition coefficient (Wildman–Crippen LogP) is 6.57. The Bertz CT molecular complexity index is 644. The topological polar surface area (TPSA) is 3.24 Å². The molecule has 0 N–H and O–H groups in total. The summed E-state index contributed by atoms with van der Waals surface area (Å²) < 4.78 is 0. The van der Waals surface area contributed by atoms with Crippen molar-refractivity contribution < 1.29 is 0 Å². The molecule has 2 rings (SSSR count). The first-order valence-electron chi connectivity index (χ1n) is 9.72. The van der Waals surface area contributed by atoms with Gasteiger partial charge in [0, 0.05) is 30.6 Å². The molecule has 2 aromatic carbocycles. The highest BCUT2D eigenvalue weighted by Gasteiger charge is 2.45. The summed E-state index contributed by atoms with van der Waals surface area (Å²) >= 11 is 0. The monoisotopic (exact) mass is 337 g/mol. The van der Waals surface area contributed by atoms with Crippen molar-refractivity contribution in [2.45, 2.75) is 64.2 Å². The predicted molar refractivity (Wildman–Crippen MR) is 112 cm³/mol. The van der Waals surface area contributed by atoms with E-state index in [0.29, 0.717) is 0 Å². The van der Waals surface area contributed by atoms with E-state index in [1.165, 1.54) is 42.5 Å². The second kappa shape index (κ2) is 8.08. The Hall–Kier alpha value is -1.76. The molecule has 1 heteroatoms. The minimum Gasteiger partial charge on any atom is -0.378 e. The molecule has 0 aliphatic rings. The van der Waals surface area contributed by atoms with Crippen molar-refractivity contribution in [3.8, 4) is 0 Å². The number of rotatable bonds is 8. The maximum absolute atomic E-state index is 2.48. The highest BCUT2D eigenvalue weighted by atomic mass is 15.1. The highest BCUT2D eigenvalue weighted by molar-refractivity contribution is 5.49. The van der Waals surface area contributed by atoms with Crippen LogP contribution in [0.15, 0.2) is 54.6 Å². The lowest BCUT2D eigenvalue weighted by Gasteiger charge is -2.48. The van der Waals surface area contributed by atoms with Crippen molar-refractivity contribution in [2.24, 2.45) is 0 Å². The standard InChI is InChI=1S/C24H35N/c1-7-18-23(3,20-12-10-9-11-13-20)24(4,19-8-2)21-14-16-22(17-15-21)25(5)6/h9-17H,7-8,18-19H2,1-6H3/t23-,24+/m1/s1. The van der Waals surface area contributed by atoms with E-state index in [4.69, 9.17) is 0 Å². The zero-order chi connectivity index (χ0) is 18.5. The maximum Gasteiger partial charge on any atom is 0.0361 e. The van der Waals surface area contributed by atoms with Crippen molar-refractivity contribution in [3.05, 3.63) is 65.7 Å². The van der Waals surface area contributed by atoms with Crippen LogP contribution in [0.3, 0.4) is 0 Å². The normalized spacial score (nSPS) is 16.1. The molecule has 0 unspecified atom stereocenters. The van der Waals surface area contributed by atoms with Gasteiger partial charge >= 0.3 is 0 Å². The molecule has 25 heavy (non-hydrogen) atoms. The van der Waals surface area contributed by atoms with E-state index in [0.717, 1.165) is 0 Å². The van der Waals surface area contributed by atoms with Gasteiger partial charge in [-0.2, -0.15) is 0 Å². The molecule has 0 amide bonds. The Labute approximate surface area is 155 Å². The Morgan fingerprint density at radius 1 is 0.680 bits per heavy atom. The van der Waals surface area contributed by atoms with Gasteiger partial charge in [-0.05, 0) is 36.1 Å². The minimum atomic E-state index is 0.115. The molecule has 0 spiro atoms. The van der Waals surface area contributed by atoms with Crippen molar-refractivity contribution in [3.63, 3.8) is 0 Å². The summed E-state index contributed by atoms with van der Waals surface area (Å²) in [6, 6.07) is 20.4. The van der Waals surface area contributed by atoms with Crippen molar-refractivity contribution in [2.75, 3.05) is 19.0 Å². The molecule has 2 atom stereocenters. The first kappa shape index (κ1) is 19.6. The van der Waals surface area contributed by atoms with Crippen LogP contribution in [0.25, 0.3) is 0 Å². The summed E-state index contributed by atoms with van der Waals surface area (Å²) in [5, 5.41) is 0. The third-order valence-electron chi connectivity index (χ3n) is 6.15. The molecule has 0 saturated carbocycles. The molecule has 1 nitrogen and oxygen atoms in total. The zero-order valence-corrected chi connectivity index (χ0v) is 17.0. The van der Waals surface area contributed by atoms with Gasteiger partial charge in [0.2, 0.25) is 0 Å². The second-order valence-corrected chi connectivity index (χ2v) is 7.97. The van der Waals surface area contributed by atoms with Crippen LogP contribution in [0.5, 0.6) is 0 Å². The molecule has 0 aliphatic heterocycles. The van der Waals surface area contributed by atoms with Gasteiger partial charge in [-0.1, -0.05) is 83.0 Å². The lowest BCUT2D eigenvalue weighted by Crippen LogP contribution is -2.45. The number of hydrogen-bond acceptors (Lipinski definition) is 1. The smallest absolute Gasteiger partial charge is 0.0361 e. The Balaban J connectivity index is 2.58. The summed E-state index contributed by atoms with van der Waals surface area (Å²) in [5.74, 6) is 0. The maximum atomic E-state index is 2.48. The minimum absolute atomic E-state index is 0.115. The van der Waals surface area contributed by atoms with Gasteiger partial charge < -0.3 is 4.90 Å². The van der Waals surface area contributed by atoms with Crippen LogP contribution in [0.2, 0.25) is 0 Å². The average Bonchev–Trinajstić information content (AvgIpc) is 2.62. The van der Waals surface area contributed by atoms with Crippen LogP contribution in [0.1, 0.15) is 64.5 Å². The third kappa shape index (κ3) is 3.76. The molecular weight excluding hydrogens is 302 g/mol. The summed E-state index contributed by atoms with van der Waals surface area (Å²) in [6.45, 7) is 9.57. The van der Waals surface area contributed by atoms with Crippen LogP contribution in [0, 0.1) is 0 Å². The summed E-state index contributed by atoms with van der Waals surface area (Å²) in [6.07, 6.45) is 4.78. The number of hydrogen-bond donors (Lipinski definition) is 0. The summed E-state index contributed by atoms with van der Waals surface area (Å²) in [5.41, 5.74) is 4.42. The largest absolute Gasteiger partial charge is 0.378 e. The van der Waals surface area contributed by atoms with Crippen LogP contribution in [-0.4, -0.2) is 14.1 Å². The van der Waals surface area contributed by atoms with Gasteiger partial charge in [0.25, 0.3) is 0 Å². The first-order valence-corrected chi connectivity index (χ1v) is 9.72. The van der Waals surface area contributed by atoms with E-state index < -0.39 is 0 Å². The molecule has 0 heterocycles. The molecule has 0 saturated heterocycles. The van der Waals surface area contributed by atoms with E-state index >= 15 is 0 Å². The van der Waals surface area contributed by atoms with Crippen LogP contribution in [-0.2, 0) is 10.8 Å². The Morgan fingerprint density at radius 3 is 1.52 bits per heavy atom. The number of anilines is 1. The lowest BCUT2D eigenvalue weighted by molar-refractivity contribution is 0.216. The molecule has 136 valence electrons. The van der Waals surface area contributed by atoms with E-state index in [1.807, 2.05) is 0 Å². The van der Waals surface area contributed by atoms with Gasteiger partial charge in [-0.15, -0.1) is 0 Å². The fourth-order valence-electron chi connectivity index (χ4n) is 4.41. The van der Waals surface area contributed by atoms with Crippen LogP contribution in [0.4, 0.5) is 5.69 Å². The average molecular weight is 338 g/mol. The molecule has 0 aromatic heterocycles. The second-order valence-electron chi connectivity index (χ2n) is 7.97. The zero-order valence-electron chi connectivity index (χ0n) is 17.0. The fraction of sp³-hybridized carbons (Fsp3) is 0.500. The van der Waals surface area contributed by atoms with Gasteiger partial charge in [-0.3, -0.25) is 0 Å².